The normalized spacial score (nSPS) is 12.2. The molecule has 0 atom stereocenters. The van der Waals surface area contributed by atoms with E-state index in [1.807, 2.05) is 29.0 Å². The number of para-hydroxylation sites is 1. The van der Waals surface area contributed by atoms with Crippen molar-refractivity contribution in [2.24, 2.45) is 0 Å². The van der Waals surface area contributed by atoms with Crippen molar-refractivity contribution in [3.8, 4) is 0 Å². The molecule has 1 heterocycles. The third-order valence-electron chi connectivity index (χ3n) is 3.11. The van der Waals surface area contributed by atoms with E-state index < -0.39 is 12.7 Å². The zero-order valence-corrected chi connectivity index (χ0v) is 10.8. The Morgan fingerprint density at radius 1 is 1.21 bits per heavy atom. The Morgan fingerprint density at radius 3 is 2.68 bits per heavy atom. The van der Waals surface area contributed by atoms with Crippen molar-refractivity contribution in [2.45, 2.75) is 26.1 Å². The van der Waals surface area contributed by atoms with Gasteiger partial charge in [0.1, 0.15) is 0 Å². The number of aromatic nitrogens is 1. The van der Waals surface area contributed by atoms with Crippen LogP contribution in [0.4, 0.5) is 13.2 Å². The summed E-state index contributed by atoms with van der Waals surface area (Å²) in [5, 5.41) is 3.55. The second kappa shape index (κ2) is 5.65. The van der Waals surface area contributed by atoms with Gasteiger partial charge in [0.05, 0.1) is 12.1 Å². The molecule has 0 aliphatic heterocycles. The first kappa shape index (κ1) is 13.9. The van der Waals surface area contributed by atoms with Gasteiger partial charge >= 0.3 is 6.18 Å². The number of aryl methyl sites for hydroxylation is 1. The Kier molecular flexibility index (Phi) is 4.14. The van der Waals surface area contributed by atoms with Crippen LogP contribution < -0.4 is 5.32 Å². The van der Waals surface area contributed by atoms with Gasteiger partial charge in [-0.2, -0.15) is 13.2 Å². The third-order valence-corrected chi connectivity index (χ3v) is 3.11. The van der Waals surface area contributed by atoms with Crippen LogP contribution in [-0.4, -0.2) is 23.8 Å². The Bertz CT molecular complexity index is 543. The molecule has 2 rings (SSSR count). The SMILES string of the molecule is CCc1cccc2ccn(CCNCC(F)(F)F)c12. The predicted octanol–water partition coefficient (Wildman–Crippen LogP) is 3.36. The van der Waals surface area contributed by atoms with Crippen molar-refractivity contribution in [1.82, 2.24) is 9.88 Å². The van der Waals surface area contributed by atoms with Crippen LogP contribution in [0.15, 0.2) is 30.5 Å². The van der Waals surface area contributed by atoms with Crippen LogP contribution in [0.2, 0.25) is 0 Å². The molecule has 1 N–H and O–H groups in total. The molecule has 5 heteroatoms. The summed E-state index contributed by atoms with van der Waals surface area (Å²) >= 11 is 0. The van der Waals surface area contributed by atoms with Gasteiger partial charge in [-0.05, 0) is 23.4 Å². The first-order valence-corrected chi connectivity index (χ1v) is 6.35. The molecule has 104 valence electrons. The molecule has 0 unspecified atom stereocenters. The summed E-state index contributed by atoms with van der Waals surface area (Å²) in [4.78, 5) is 0. The molecule has 0 aliphatic rings. The number of nitrogens with zero attached hydrogens (tertiary/aromatic N) is 1. The molecular weight excluding hydrogens is 253 g/mol. The smallest absolute Gasteiger partial charge is 0.346 e. The lowest BCUT2D eigenvalue weighted by Gasteiger charge is -2.11. The molecule has 0 bridgehead atoms. The average Bonchev–Trinajstić information content (AvgIpc) is 2.77. The van der Waals surface area contributed by atoms with E-state index in [-0.39, 0.29) is 0 Å². The van der Waals surface area contributed by atoms with Crippen LogP contribution in [0.1, 0.15) is 12.5 Å². The molecule has 0 amide bonds. The van der Waals surface area contributed by atoms with Crippen molar-refractivity contribution < 1.29 is 13.2 Å². The van der Waals surface area contributed by atoms with Gasteiger partial charge in [0.2, 0.25) is 0 Å². The largest absolute Gasteiger partial charge is 0.401 e. The van der Waals surface area contributed by atoms with E-state index in [2.05, 4.69) is 18.3 Å². The fourth-order valence-corrected chi connectivity index (χ4v) is 2.24. The second-order valence-corrected chi connectivity index (χ2v) is 4.51. The van der Waals surface area contributed by atoms with Crippen LogP contribution in [0.5, 0.6) is 0 Å². The molecule has 0 spiro atoms. The van der Waals surface area contributed by atoms with E-state index in [9.17, 15) is 13.2 Å². The first-order chi connectivity index (χ1) is 9.01. The Hall–Kier alpha value is -1.49. The van der Waals surface area contributed by atoms with E-state index >= 15 is 0 Å². The molecular formula is C14H17F3N2. The first-order valence-electron chi connectivity index (χ1n) is 6.35. The van der Waals surface area contributed by atoms with Crippen molar-refractivity contribution in [1.29, 1.82) is 0 Å². The molecule has 0 saturated heterocycles. The molecule has 1 aromatic heterocycles. The van der Waals surface area contributed by atoms with Gasteiger partial charge in [0.15, 0.2) is 0 Å². The fourth-order valence-electron chi connectivity index (χ4n) is 2.24. The standard InChI is InChI=1S/C14H17F3N2/c1-2-11-4-3-5-12-6-8-19(13(11)12)9-7-18-10-14(15,16)17/h3-6,8,18H,2,7,9-10H2,1H3. The number of benzene rings is 1. The third kappa shape index (κ3) is 3.50. The molecule has 2 nitrogen and oxygen atoms in total. The minimum Gasteiger partial charge on any atom is -0.346 e. The summed E-state index contributed by atoms with van der Waals surface area (Å²) in [6.07, 6.45) is -1.30. The van der Waals surface area contributed by atoms with Gasteiger partial charge in [0, 0.05) is 19.3 Å². The van der Waals surface area contributed by atoms with Crippen molar-refractivity contribution in [3.63, 3.8) is 0 Å². The van der Waals surface area contributed by atoms with Crippen LogP contribution in [0, 0.1) is 0 Å². The van der Waals surface area contributed by atoms with Crippen molar-refractivity contribution >= 4 is 10.9 Å². The monoisotopic (exact) mass is 270 g/mol. The van der Waals surface area contributed by atoms with Crippen LogP contribution >= 0.6 is 0 Å². The van der Waals surface area contributed by atoms with E-state index in [0.717, 1.165) is 17.3 Å². The number of fused-ring (bicyclic) bond motifs is 1. The Morgan fingerprint density at radius 2 is 2.00 bits per heavy atom. The minimum atomic E-state index is -4.15. The summed E-state index contributed by atoms with van der Waals surface area (Å²) in [5.41, 5.74) is 2.34. The maximum atomic E-state index is 12.0. The highest BCUT2D eigenvalue weighted by atomic mass is 19.4. The Balaban J connectivity index is 2.05. The zero-order valence-electron chi connectivity index (χ0n) is 10.8. The zero-order chi connectivity index (χ0) is 13.9. The van der Waals surface area contributed by atoms with Crippen LogP contribution in [-0.2, 0) is 13.0 Å². The van der Waals surface area contributed by atoms with E-state index in [1.165, 1.54) is 5.56 Å². The van der Waals surface area contributed by atoms with Gasteiger partial charge in [0.25, 0.3) is 0 Å². The molecule has 1 aromatic carbocycles. The van der Waals surface area contributed by atoms with Gasteiger partial charge < -0.3 is 9.88 Å². The van der Waals surface area contributed by atoms with Crippen molar-refractivity contribution in [2.75, 3.05) is 13.1 Å². The maximum absolute atomic E-state index is 12.0. The van der Waals surface area contributed by atoms with Gasteiger partial charge in [-0.1, -0.05) is 25.1 Å². The maximum Gasteiger partial charge on any atom is 0.401 e. The van der Waals surface area contributed by atoms with Gasteiger partial charge in [-0.15, -0.1) is 0 Å². The lowest BCUT2D eigenvalue weighted by atomic mass is 10.1. The molecule has 19 heavy (non-hydrogen) atoms. The van der Waals surface area contributed by atoms with E-state index in [4.69, 9.17) is 0 Å². The number of hydrogen-bond donors (Lipinski definition) is 1. The second-order valence-electron chi connectivity index (χ2n) is 4.51. The molecule has 0 radical (unpaired) electrons. The minimum absolute atomic E-state index is 0.307. The number of nitrogens with one attached hydrogen (secondary N) is 1. The van der Waals surface area contributed by atoms with Gasteiger partial charge in [-0.25, -0.2) is 0 Å². The van der Waals surface area contributed by atoms with Crippen molar-refractivity contribution in [3.05, 3.63) is 36.0 Å². The topological polar surface area (TPSA) is 17.0 Å². The number of hydrogen-bond acceptors (Lipinski definition) is 1. The molecule has 0 saturated carbocycles. The lowest BCUT2D eigenvalue weighted by Crippen LogP contribution is -2.31. The summed E-state index contributed by atoms with van der Waals surface area (Å²) in [5.74, 6) is 0. The highest BCUT2D eigenvalue weighted by Gasteiger charge is 2.25. The molecule has 0 fully saturated rings. The number of halogens is 3. The Labute approximate surface area is 110 Å². The summed E-state index contributed by atoms with van der Waals surface area (Å²) in [6.45, 7) is 1.98. The number of rotatable bonds is 5. The molecule has 2 aromatic rings. The summed E-state index contributed by atoms with van der Waals surface area (Å²) in [6, 6.07) is 8.09. The summed E-state index contributed by atoms with van der Waals surface area (Å²) < 4.78 is 38.1. The quantitative estimate of drug-likeness (QED) is 0.824. The summed E-state index contributed by atoms with van der Waals surface area (Å²) in [7, 11) is 0. The van der Waals surface area contributed by atoms with E-state index in [0.29, 0.717) is 13.1 Å². The van der Waals surface area contributed by atoms with Crippen LogP contribution in [0.25, 0.3) is 10.9 Å². The van der Waals surface area contributed by atoms with E-state index in [1.54, 1.807) is 0 Å². The predicted molar refractivity (Wildman–Crippen MR) is 70.2 cm³/mol. The fraction of sp³-hybridized carbons (Fsp3) is 0.429. The highest BCUT2D eigenvalue weighted by molar-refractivity contribution is 5.83. The van der Waals surface area contributed by atoms with Crippen LogP contribution in [0.3, 0.4) is 0 Å². The number of alkyl halides is 3. The highest BCUT2D eigenvalue weighted by Crippen LogP contribution is 2.20. The molecule has 0 aliphatic carbocycles. The average molecular weight is 270 g/mol. The lowest BCUT2D eigenvalue weighted by molar-refractivity contribution is -0.124. The van der Waals surface area contributed by atoms with Gasteiger partial charge in [-0.3, -0.25) is 0 Å².